The Kier molecular flexibility index (Phi) is 7.87. The third kappa shape index (κ3) is 6.98. The third-order valence-electron chi connectivity index (χ3n) is 6.90. The van der Waals surface area contributed by atoms with E-state index < -0.39 is 0 Å². The predicted molar refractivity (Wildman–Crippen MR) is 174 cm³/mol. The van der Waals surface area contributed by atoms with E-state index in [1.165, 1.54) is 11.1 Å². The van der Waals surface area contributed by atoms with Gasteiger partial charge in [0.15, 0.2) is 0 Å². The Balaban J connectivity index is 1.02. The molecule has 0 saturated heterocycles. The first-order valence-corrected chi connectivity index (χ1v) is 14.0. The van der Waals surface area contributed by atoms with Crippen molar-refractivity contribution in [3.8, 4) is 34.1 Å². The molecule has 0 spiro atoms. The number of hydrogen-bond acceptors (Lipinski definition) is 4. The molecule has 4 nitrogen and oxygen atoms in total. The number of aryl methyl sites for hydroxylation is 2. The molecule has 0 radical (unpaired) electrons. The molecule has 0 fully saturated rings. The van der Waals surface area contributed by atoms with Crippen LogP contribution < -0.4 is 20.1 Å². The van der Waals surface area contributed by atoms with Crippen molar-refractivity contribution in [1.29, 1.82) is 0 Å². The molecule has 206 valence electrons. The lowest BCUT2D eigenvalue weighted by molar-refractivity contribution is 0.482. The zero-order chi connectivity index (χ0) is 28.7. The largest absolute Gasteiger partial charge is 0.457 e. The van der Waals surface area contributed by atoms with E-state index >= 15 is 0 Å². The molecule has 0 unspecified atom stereocenters. The smallest absolute Gasteiger partial charge is 0.127 e. The highest BCUT2D eigenvalue weighted by atomic mass is 16.5. The monoisotopic (exact) mass is 548 g/mol. The molecular weight excluding hydrogens is 516 g/mol. The molecule has 42 heavy (non-hydrogen) atoms. The van der Waals surface area contributed by atoms with Crippen molar-refractivity contribution >= 4 is 22.7 Å². The van der Waals surface area contributed by atoms with Gasteiger partial charge >= 0.3 is 0 Å². The zero-order valence-corrected chi connectivity index (χ0v) is 23.7. The Hall–Kier alpha value is -5.48. The molecule has 4 heteroatoms. The van der Waals surface area contributed by atoms with E-state index in [4.69, 9.17) is 9.47 Å². The molecule has 6 rings (SSSR count). The van der Waals surface area contributed by atoms with E-state index in [0.29, 0.717) is 0 Å². The fourth-order valence-corrected chi connectivity index (χ4v) is 4.52. The lowest BCUT2D eigenvalue weighted by atomic mass is 10.0. The van der Waals surface area contributed by atoms with Gasteiger partial charge in [0.05, 0.1) is 0 Å². The molecule has 0 heterocycles. The zero-order valence-electron chi connectivity index (χ0n) is 23.7. The van der Waals surface area contributed by atoms with Crippen molar-refractivity contribution in [2.45, 2.75) is 13.8 Å². The summed E-state index contributed by atoms with van der Waals surface area (Å²) in [7, 11) is 0. The summed E-state index contributed by atoms with van der Waals surface area (Å²) in [4.78, 5) is 0. The summed E-state index contributed by atoms with van der Waals surface area (Å²) < 4.78 is 11.9. The molecule has 0 amide bonds. The Bertz CT molecular complexity index is 1590. The van der Waals surface area contributed by atoms with Crippen LogP contribution in [0.25, 0.3) is 11.1 Å². The van der Waals surface area contributed by atoms with E-state index in [0.717, 1.165) is 56.9 Å². The lowest BCUT2D eigenvalue weighted by Gasteiger charge is -2.11. The van der Waals surface area contributed by atoms with Gasteiger partial charge in [0.1, 0.15) is 23.0 Å². The van der Waals surface area contributed by atoms with Crippen molar-refractivity contribution < 1.29 is 9.47 Å². The average Bonchev–Trinajstić information content (AvgIpc) is 3.02. The summed E-state index contributed by atoms with van der Waals surface area (Å²) >= 11 is 0. The van der Waals surface area contributed by atoms with Gasteiger partial charge in [-0.3, -0.25) is 0 Å². The lowest BCUT2D eigenvalue weighted by Crippen LogP contribution is -1.92. The van der Waals surface area contributed by atoms with E-state index in [2.05, 4.69) is 73.0 Å². The fourth-order valence-electron chi connectivity index (χ4n) is 4.52. The van der Waals surface area contributed by atoms with Gasteiger partial charge < -0.3 is 20.1 Å². The topological polar surface area (TPSA) is 42.5 Å². The molecule has 0 atom stereocenters. The van der Waals surface area contributed by atoms with E-state index in [1.807, 2.05) is 97.1 Å². The molecule has 6 aromatic rings. The number of hydrogen-bond donors (Lipinski definition) is 2. The first kappa shape index (κ1) is 26.7. The first-order valence-electron chi connectivity index (χ1n) is 14.0. The van der Waals surface area contributed by atoms with Gasteiger partial charge in [-0.2, -0.15) is 0 Å². The summed E-state index contributed by atoms with van der Waals surface area (Å²) in [5, 5.41) is 6.93. The van der Waals surface area contributed by atoms with Crippen molar-refractivity contribution in [1.82, 2.24) is 0 Å². The highest BCUT2D eigenvalue weighted by Crippen LogP contribution is 2.29. The second kappa shape index (κ2) is 12.4. The summed E-state index contributed by atoms with van der Waals surface area (Å²) in [5.41, 5.74) is 8.80. The number of benzene rings is 6. The highest BCUT2D eigenvalue weighted by Gasteiger charge is 2.03. The number of nitrogens with one attached hydrogen (secondary N) is 2. The van der Waals surface area contributed by atoms with Crippen molar-refractivity contribution in [2.24, 2.45) is 0 Å². The fraction of sp³-hybridized carbons (Fsp3) is 0.0526. The van der Waals surface area contributed by atoms with Crippen molar-refractivity contribution in [2.75, 3.05) is 10.6 Å². The van der Waals surface area contributed by atoms with Gasteiger partial charge in [0.25, 0.3) is 0 Å². The predicted octanol–water partition coefficient (Wildman–Crippen LogP) is 11.0. The maximum Gasteiger partial charge on any atom is 0.127 e. The maximum atomic E-state index is 5.94. The van der Waals surface area contributed by atoms with Crippen LogP contribution in [0.1, 0.15) is 11.1 Å². The number of rotatable bonds is 9. The van der Waals surface area contributed by atoms with Crippen LogP contribution in [-0.4, -0.2) is 0 Å². The molecule has 6 aromatic carbocycles. The van der Waals surface area contributed by atoms with Gasteiger partial charge in [-0.1, -0.05) is 59.7 Å². The number of anilines is 4. The Morgan fingerprint density at radius 3 is 0.833 bits per heavy atom. The highest BCUT2D eigenvalue weighted by molar-refractivity contribution is 5.71. The molecule has 0 saturated carbocycles. The maximum absolute atomic E-state index is 5.94. The Labute approximate surface area is 247 Å². The minimum Gasteiger partial charge on any atom is -0.457 e. The van der Waals surface area contributed by atoms with Crippen molar-refractivity contribution in [3.63, 3.8) is 0 Å². The van der Waals surface area contributed by atoms with Crippen LogP contribution in [0, 0.1) is 13.8 Å². The van der Waals surface area contributed by atoms with Gasteiger partial charge in [0.2, 0.25) is 0 Å². The van der Waals surface area contributed by atoms with Crippen LogP contribution in [0.3, 0.4) is 0 Å². The summed E-state index contributed by atoms with van der Waals surface area (Å²) in [6.45, 7) is 4.13. The first-order chi connectivity index (χ1) is 20.6. The third-order valence-corrected chi connectivity index (χ3v) is 6.90. The van der Waals surface area contributed by atoms with E-state index in [1.54, 1.807) is 0 Å². The van der Waals surface area contributed by atoms with Crippen LogP contribution in [0.15, 0.2) is 146 Å². The average molecular weight is 549 g/mol. The SMILES string of the molecule is Cc1ccc(Oc2ccc(Nc3ccc(-c4ccc(Nc5ccc(Oc6ccc(C)cc6)cc5)cc4)cc3)cc2)cc1. The summed E-state index contributed by atoms with van der Waals surface area (Å²) in [5.74, 6) is 3.28. The van der Waals surface area contributed by atoms with Crippen LogP contribution in [0.5, 0.6) is 23.0 Å². The second-order valence-corrected chi connectivity index (χ2v) is 10.3. The summed E-state index contributed by atoms with van der Waals surface area (Å²) in [6.07, 6.45) is 0. The van der Waals surface area contributed by atoms with Gasteiger partial charge in [-0.15, -0.1) is 0 Å². The quantitative estimate of drug-likeness (QED) is 0.189. The van der Waals surface area contributed by atoms with Gasteiger partial charge in [-0.25, -0.2) is 0 Å². The van der Waals surface area contributed by atoms with Gasteiger partial charge in [0, 0.05) is 22.7 Å². The molecule has 0 aliphatic carbocycles. The molecule has 0 aliphatic rings. The van der Waals surface area contributed by atoms with Crippen LogP contribution in [0.2, 0.25) is 0 Å². The molecule has 0 aromatic heterocycles. The number of ether oxygens (including phenoxy) is 2. The summed E-state index contributed by atoms with van der Waals surface area (Å²) in [6, 6.07) is 49.0. The second-order valence-electron chi connectivity index (χ2n) is 10.3. The standard InChI is InChI=1S/C38H32N2O2/c1-27-3-19-35(20-4-27)41-37-23-15-33(16-24-37)39-31-11-7-29(8-12-31)30-9-13-32(14-10-30)40-34-17-25-38(26-18-34)42-36-21-5-28(2)6-22-36/h3-26,39-40H,1-2H3. The molecule has 2 N–H and O–H groups in total. The minimum absolute atomic E-state index is 0.807. The molecule has 0 aliphatic heterocycles. The van der Waals surface area contributed by atoms with Crippen molar-refractivity contribution in [3.05, 3.63) is 157 Å². The molecule has 0 bridgehead atoms. The van der Waals surface area contributed by atoms with Crippen LogP contribution in [0.4, 0.5) is 22.7 Å². The Morgan fingerprint density at radius 2 is 0.548 bits per heavy atom. The normalized spacial score (nSPS) is 10.6. The minimum atomic E-state index is 0.807. The van der Waals surface area contributed by atoms with E-state index in [-0.39, 0.29) is 0 Å². The van der Waals surface area contributed by atoms with Crippen LogP contribution >= 0.6 is 0 Å². The van der Waals surface area contributed by atoms with Gasteiger partial charge in [-0.05, 0) is 122 Å². The molecular formula is C38H32N2O2. The van der Waals surface area contributed by atoms with Crippen LogP contribution in [-0.2, 0) is 0 Å². The van der Waals surface area contributed by atoms with E-state index in [9.17, 15) is 0 Å². The Morgan fingerprint density at radius 1 is 0.310 bits per heavy atom.